The lowest BCUT2D eigenvalue weighted by atomic mass is 10.00. The number of amides is 1. The minimum Gasteiger partial charge on any atom is -0.493 e. The van der Waals surface area contributed by atoms with Crippen molar-refractivity contribution in [2.75, 3.05) is 21.3 Å². The van der Waals surface area contributed by atoms with E-state index in [4.69, 9.17) is 19.9 Å². The molecule has 6 heteroatoms. The molecule has 1 aromatic carbocycles. The molecule has 0 aliphatic heterocycles. The summed E-state index contributed by atoms with van der Waals surface area (Å²) in [6, 6.07) is 3.74. The lowest BCUT2D eigenvalue weighted by molar-refractivity contribution is -0.119. The first kappa shape index (κ1) is 17.1. The zero-order valence-electron chi connectivity index (χ0n) is 13.3. The van der Waals surface area contributed by atoms with E-state index in [1.807, 2.05) is 26.0 Å². The summed E-state index contributed by atoms with van der Waals surface area (Å²) < 4.78 is 15.9. The summed E-state index contributed by atoms with van der Waals surface area (Å²) in [6.45, 7) is 4.41. The fourth-order valence-electron chi connectivity index (χ4n) is 2.08. The molecule has 0 heterocycles. The van der Waals surface area contributed by atoms with E-state index in [2.05, 4.69) is 5.32 Å². The van der Waals surface area contributed by atoms with E-state index in [1.54, 1.807) is 21.3 Å². The van der Waals surface area contributed by atoms with Gasteiger partial charge in [0.25, 0.3) is 0 Å². The van der Waals surface area contributed by atoms with Crippen LogP contribution in [0.25, 0.3) is 0 Å². The van der Waals surface area contributed by atoms with Crippen molar-refractivity contribution in [2.24, 2.45) is 5.73 Å². The second kappa shape index (κ2) is 7.17. The quantitative estimate of drug-likeness (QED) is 0.759. The molecule has 0 aliphatic carbocycles. The molecule has 0 spiro atoms. The van der Waals surface area contributed by atoms with Gasteiger partial charge in [0.05, 0.1) is 21.3 Å². The summed E-state index contributed by atoms with van der Waals surface area (Å²) in [4.78, 5) is 11.0. The van der Waals surface area contributed by atoms with E-state index >= 15 is 0 Å². The Morgan fingerprint density at radius 2 is 1.67 bits per heavy atom. The highest BCUT2D eigenvalue weighted by Crippen LogP contribution is 2.38. The smallest absolute Gasteiger partial charge is 0.219 e. The van der Waals surface area contributed by atoms with Crippen molar-refractivity contribution in [1.29, 1.82) is 0 Å². The van der Waals surface area contributed by atoms with Gasteiger partial charge in [-0.2, -0.15) is 0 Å². The number of primary amides is 1. The molecule has 6 nitrogen and oxygen atoms in total. The van der Waals surface area contributed by atoms with E-state index in [1.165, 1.54) is 0 Å². The van der Waals surface area contributed by atoms with Gasteiger partial charge in [-0.1, -0.05) is 0 Å². The summed E-state index contributed by atoms with van der Waals surface area (Å²) >= 11 is 0. The Bertz CT molecular complexity index is 475. The Labute approximate surface area is 125 Å². The largest absolute Gasteiger partial charge is 0.493 e. The van der Waals surface area contributed by atoms with Gasteiger partial charge in [-0.3, -0.25) is 4.79 Å². The number of methoxy groups -OCH3 is 3. The first-order valence-electron chi connectivity index (χ1n) is 6.65. The molecule has 0 radical (unpaired) electrons. The Kier molecular flexibility index (Phi) is 5.84. The van der Waals surface area contributed by atoms with Gasteiger partial charge < -0.3 is 25.3 Å². The molecule has 0 saturated heterocycles. The molecule has 0 unspecified atom stereocenters. The van der Waals surface area contributed by atoms with Crippen LogP contribution in [0.4, 0.5) is 0 Å². The fraction of sp³-hybridized carbons (Fsp3) is 0.533. The van der Waals surface area contributed by atoms with Crippen LogP contribution in [0.2, 0.25) is 0 Å². The number of benzene rings is 1. The van der Waals surface area contributed by atoms with Crippen LogP contribution in [0.5, 0.6) is 17.2 Å². The molecule has 3 N–H and O–H groups in total. The molecule has 0 saturated carbocycles. The molecule has 0 aromatic heterocycles. The van der Waals surface area contributed by atoms with Crippen molar-refractivity contribution >= 4 is 5.91 Å². The molecule has 0 fully saturated rings. The highest BCUT2D eigenvalue weighted by molar-refractivity contribution is 5.75. The summed E-state index contributed by atoms with van der Waals surface area (Å²) in [5, 5.41) is 3.29. The van der Waals surface area contributed by atoms with E-state index in [9.17, 15) is 4.79 Å². The van der Waals surface area contributed by atoms with Gasteiger partial charge in [-0.05, 0) is 31.5 Å². The minimum absolute atomic E-state index is 0.261. The number of nitrogens with two attached hydrogens (primary N) is 1. The zero-order chi connectivity index (χ0) is 16.0. The van der Waals surface area contributed by atoms with Gasteiger partial charge in [0.15, 0.2) is 11.5 Å². The summed E-state index contributed by atoms with van der Waals surface area (Å²) in [5.41, 5.74) is 5.82. The number of hydrogen-bond acceptors (Lipinski definition) is 5. The summed E-state index contributed by atoms with van der Waals surface area (Å²) in [6.07, 6.45) is 0.261. The van der Waals surface area contributed by atoms with Crippen LogP contribution >= 0.6 is 0 Å². The summed E-state index contributed by atoms with van der Waals surface area (Å²) in [7, 11) is 4.71. The van der Waals surface area contributed by atoms with Crippen molar-refractivity contribution in [3.8, 4) is 17.2 Å². The third kappa shape index (κ3) is 4.82. The standard InChI is InChI=1S/C15H24N2O4/c1-15(2,8-13(16)18)17-9-10-6-11(19-3)14(21-5)12(7-10)20-4/h6-7,17H,8-9H2,1-5H3,(H2,16,18). The van der Waals surface area contributed by atoms with Crippen molar-refractivity contribution in [3.63, 3.8) is 0 Å². The molecular weight excluding hydrogens is 272 g/mol. The van der Waals surface area contributed by atoms with Crippen LogP contribution < -0.4 is 25.3 Å². The molecule has 1 amide bonds. The lowest BCUT2D eigenvalue weighted by Crippen LogP contribution is -2.42. The number of carbonyl (C=O) groups excluding carboxylic acids is 1. The van der Waals surface area contributed by atoms with E-state index in [-0.39, 0.29) is 17.9 Å². The monoisotopic (exact) mass is 296 g/mol. The Morgan fingerprint density at radius 1 is 1.14 bits per heavy atom. The predicted octanol–water partition coefficient (Wildman–Crippen LogP) is 1.46. The predicted molar refractivity (Wildman–Crippen MR) is 80.8 cm³/mol. The Balaban J connectivity index is 2.91. The molecular formula is C15H24N2O4. The first-order valence-corrected chi connectivity index (χ1v) is 6.65. The Morgan fingerprint density at radius 3 is 2.05 bits per heavy atom. The zero-order valence-corrected chi connectivity index (χ0v) is 13.3. The topological polar surface area (TPSA) is 82.8 Å². The molecule has 118 valence electrons. The van der Waals surface area contributed by atoms with Crippen molar-refractivity contribution in [1.82, 2.24) is 5.32 Å². The highest BCUT2D eigenvalue weighted by Gasteiger charge is 2.20. The maximum Gasteiger partial charge on any atom is 0.219 e. The van der Waals surface area contributed by atoms with E-state index in [0.29, 0.717) is 23.8 Å². The van der Waals surface area contributed by atoms with Crippen molar-refractivity contribution in [2.45, 2.75) is 32.4 Å². The SMILES string of the molecule is COc1cc(CNC(C)(C)CC(N)=O)cc(OC)c1OC. The maximum atomic E-state index is 11.0. The average molecular weight is 296 g/mol. The number of ether oxygens (including phenoxy) is 3. The van der Waals surface area contributed by atoms with Crippen LogP contribution in [-0.2, 0) is 11.3 Å². The van der Waals surface area contributed by atoms with Crippen LogP contribution in [0.3, 0.4) is 0 Å². The molecule has 0 bridgehead atoms. The molecule has 0 aliphatic rings. The molecule has 1 aromatic rings. The highest BCUT2D eigenvalue weighted by atomic mass is 16.5. The number of hydrogen-bond donors (Lipinski definition) is 2. The number of nitrogens with one attached hydrogen (secondary N) is 1. The normalized spacial score (nSPS) is 11.1. The van der Waals surface area contributed by atoms with Crippen LogP contribution in [-0.4, -0.2) is 32.8 Å². The van der Waals surface area contributed by atoms with Crippen LogP contribution in [0.15, 0.2) is 12.1 Å². The van der Waals surface area contributed by atoms with Crippen molar-refractivity contribution in [3.05, 3.63) is 17.7 Å². The number of rotatable bonds is 8. The van der Waals surface area contributed by atoms with Crippen LogP contribution in [0, 0.1) is 0 Å². The lowest BCUT2D eigenvalue weighted by Gasteiger charge is -2.25. The van der Waals surface area contributed by atoms with Gasteiger partial charge in [-0.15, -0.1) is 0 Å². The van der Waals surface area contributed by atoms with Crippen LogP contribution in [0.1, 0.15) is 25.8 Å². The average Bonchev–Trinajstić information content (AvgIpc) is 2.42. The third-order valence-corrected chi connectivity index (χ3v) is 3.11. The van der Waals surface area contributed by atoms with Gasteiger partial charge in [0, 0.05) is 18.5 Å². The molecule has 21 heavy (non-hydrogen) atoms. The van der Waals surface area contributed by atoms with Gasteiger partial charge in [-0.25, -0.2) is 0 Å². The van der Waals surface area contributed by atoms with Gasteiger partial charge in [0.1, 0.15) is 0 Å². The number of carbonyl (C=O) groups is 1. The van der Waals surface area contributed by atoms with Crippen molar-refractivity contribution < 1.29 is 19.0 Å². The first-order chi connectivity index (χ1) is 9.82. The van der Waals surface area contributed by atoms with E-state index in [0.717, 1.165) is 5.56 Å². The second-order valence-corrected chi connectivity index (χ2v) is 5.41. The fourth-order valence-corrected chi connectivity index (χ4v) is 2.08. The van der Waals surface area contributed by atoms with Gasteiger partial charge >= 0.3 is 0 Å². The molecule has 1 rings (SSSR count). The van der Waals surface area contributed by atoms with E-state index < -0.39 is 0 Å². The molecule has 0 atom stereocenters. The Hall–Kier alpha value is -1.95. The third-order valence-electron chi connectivity index (χ3n) is 3.11. The second-order valence-electron chi connectivity index (χ2n) is 5.41. The maximum absolute atomic E-state index is 11.0. The van der Waals surface area contributed by atoms with Gasteiger partial charge in [0.2, 0.25) is 11.7 Å². The summed E-state index contributed by atoms with van der Waals surface area (Å²) in [5.74, 6) is 1.42. The minimum atomic E-state index is -0.383.